The molecule has 4 N–H and O–H groups in total. The second-order valence-electron chi connectivity index (χ2n) is 22.1. The van der Waals surface area contributed by atoms with Crippen molar-refractivity contribution in [2.75, 3.05) is 6.61 Å². The number of benzene rings is 2. The van der Waals surface area contributed by atoms with Gasteiger partial charge >= 0.3 is 24.0 Å². The van der Waals surface area contributed by atoms with E-state index in [1.54, 1.807) is 97.0 Å². The summed E-state index contributed by atoms with van der Waals surface area (Å²) in [6, 6.07) is 15.9. The zero-order chi connectivity index (χ0) is 54.8. The molecule has 2 saturated carbocycles. The van der Waals surface area contributed by atoms with Crippen LogP contribution in [-0.2, 0) is 38.1 Å². The number of amides is 1. The molecular formula is C61H79AcNO13. The number of Topliss-reactive ketones (excluding diaryl/α,β-unsaturated/α-hetero) is 1. The summed E-state index contributed by atoms with van der Waals surface area (Å²) in [7, 11) is 0. The molecule has 2 bridgehead atoms. The van der Waals surface area contributed by atoms with Crippen LogP contribution in [0.5, 0.6) is 0 Å². The summed E-state index contributed by atoms with van der Waals surface area (Å²) in [4.78, 5) is 71.5. The van der Waals surface area contributed by atoms with Crippen molar-refractivity contribution < 1.29 is 107 Å². The number of allylic oxidation sites excluding steroid dienone is 10. The van der Waals surface area contributed by atoms with Crippen LogP contribution in [0.4, 0.5) is 4.79 Å². The van der Waals surface area contributed by atoms with Crippen LogP contribution in [0.25, 0.3) is 0 Å². The molecule has 0 spiro atoms. The topological polar surface area (TPSA) is 204 Å². The van der Waals surface area contributed by atoms with Gasteiger partial charge in [-0.2, -0.15) is 0 Å². The summed E-state index contributed by atoms with van der Waals surface area (Å²) >= 11 is 0. The Bertz CT molecular complexity index is 2530. The summed E-state index contributed by atoms with van der Waals surface area (Å²) in [5.41, 5.74) is -7.71. The number of fused-ring (bicyclic) bond motifs is 5. The van der Waals surface area contributed by atoms with Gasteiger partial charge in [0.15, 0.2) is 5.78 Å². The largest absolute Gasteiger partial charge is 0.461 e. The first kappa shape index (κ1) is 62.4. The zero-order valence-electron chi connectivity index (χ0n) is 45.7. The molecule has 1 saturated heterocycles. The molecule has 2 aromatic carbocycles. The maximum absolute atomic E-state index is 15.6. The Labute approximate surface area is 485 Å². The molecule has 4 aliphatic rings. The van der Waals surface area contributed by atoms with Crippen LogP contribution in [0.2, 0.25) is 0 Å². The molecule has 14 nitrogen and oxygen atoms in total. The number of carbonyl (C=O) groups excluding carboxylic acids is 5. The zero-order valence-corrected chi connectivity index (χ0v) is 50.5. The van der Waals surface area contributed by atoms with Crippen molar-refractivity contribution in [1.82, 2.24) is 5.32 Å². The van der Waals surface area contributed by atoms with Crippen molar-refractivity contribution >= 4 is 29.8 Å². The van der Waals surface area contributed by atoms with E-state index < -0.39 is 112 Å². The van der Waals surface area contributed by atoms with E-state index >= 15 is 4.79 Å². The fourth-order valence-corrected chi connectivity index (χ4v) is 11.3. The summed E-state index contributed by atoms with van der Waals surface area (Å²) in [5.74, 6) is -5.78. The van der Waals surface area contributed by atoms with Crippen LogP contribution < -0.4 is 5.32 Å². The number of ketones is 1. The predicted molar refractivity (Wildman–Crippen MR) is 285 cm³/mol. The molecular weight excluding hydrogens is 1180 g/mol. The third-order valence-electron chi connectivity index (χ3n) is 15.5. The maximum Gasteiger partial charge on any atom is 0.408 e. The van der Waals surface area contributed by atoms with Crippen LogP contribution in [0, 0.1) is 66.7 Å². The number of hydrogen-bond donors (Lipinski definition) is 4. The number of aliphatic hydroxyl groups is 3. The molecule has 6 rings (SSSR count). The van der Waals surface area contributed by atoms with Crippen molar-refractivity contribution in [3.63, 3.8) is 0 Å². The molecule has 1 radical (unpaired) electrons. The Morgan fingerprint density at radius 1 is 0.816 bits per heavy atom. The third kappa shape index (κ3) is 14.0. The van der Waals surface area contributed by atoms with Gasteiger partial charge in [0, 0.05) is 74.7 Å². The van der Waals surface area contributed by atoms with E-state index in [0.717, 1.165) is 25.7 Å². The minimum absolute atomic E-state index is 0. The van der Waals surface area contributed by atoms with Crippen molar-refractivity contribution in [1.29, 1.82) is 0 Å². The second kappa shape index (κ2) is 26.9. The van der Waals surface area contributed by atoms with E-state index in [1.807, 2.05) is 18.2 Å². The number of rotatable bonds is 20. The summed E-state index contributed by atoms with van der Waals surface area (Å²) in [5, 5.41) is 42.0. The van der Waals surface area contributed by atoms with Gasteiger partial charge in [0.2, 0.25) is 0 Å². The van der Waals surface area contributed by atoms with Gasteiger partial charge in [0.05, 0.1) is 35.6 Å². The molecule has 1 amide bonds. The molecule has 3 fully saturated rings. The minimum Gasteiger partial charge on any atom is -0.461 e. The first-order valence-corrected chi connectivity index (χ1v) is 26.5. The Kier molecular flexibility index (Phi) is 22.1. The first-order valence-electron chi connectivity index (χ1n) is 26.5. The first-order chi connectivity index (χ1) is 35.5. The van der Waals surface area contributed by atoms with Crippen LogP contribution >= 0.6 is 0 Å². The standard InChI is InChI=1S/C61H79NO13.Ac/c1-10-11-12-13-14-15-16-17-18-19-20-21-22-23-24-31-36-47(63)73-45-37-46-60(69,39-71-46)51-53(74-55(67)43-34-29-26-30-35-43)61(70)38-44(40(2)48(58(61,7)8)50(64)52(65)59(45,51)9)72-54(66)41(3)49(42-32-27-25-28-33-42)62-56(68)75-57(4,5)6;/h11-12,14-15,17-18,20-21,23-30,32-35,41,44-46,49-51,53,64,69-70H,10,13,16,19,22,31,36-39H2,1-9H3,(H,62,68);/b12-11-,15-14-,18-17-,21-20-,24-23-;. The Hall–Kier alpha value is -4.49. The Balaban J connectivity index is 0.0000107. The van der Waals surface area contributed by atoms with Crippen LogP contribution in [0.1, 0.15) is 142 Å². The quantitative estimate of drug-likeness (QED) is 0.0554. The molecule has 2 aromatic rings. The second-order valence-corrected chi connectivity index (χ2v) is 22.1. The van der Waals surface area contributed by atoms with E-state index in [1.165, 1.54) is 19.1 Å². The van der Waals surface area contributed by atoms with Gasteiger partial charge in [-0.05, 0) is 109 Å². The maximum atomic E-state index is 15.6. The molecule has 1 heterocycles. The number of ether oxygens (including phenoxy) is 5. The molecule has 3 aliphatic carbocycles. The summed E-state index contributed by atoms with van der Waals surface area (Å²) in [6.07, 6.45) is 16.6. The van der Waals surface area contributed by atoms with Crippen molar-refractivity contribution in [3.8, 4) is 0 Å². The average molecular weight is 1260 g/mol. The third-order valence-corrected chi connectivity index (χ3v) is 15.5. The molecule has 1 aliphatic heterocycles. The fraction of sp³-hybridized carbons (Fsp3) is 0.525. The predicted octanol–water partition coefficient (Wildman–Crippen LogP) is 10.0. The fourth-order valence-electron chi connectivity index (χ4n) is 11.3. The number of nitrogens with one attached hydrogen (secondary N) is 1. The number of aliphatic hydroxyl groups excluding tert-OH is 1. The monoisotopic (exact) mass is 1260 g/mol. The molecule has 76 heavy (non-hydrogen) atoms. The normalized spacial score (nSPS) is 28.9. The van der Waals surface area contributed by atoms with Crippen LogP contribution in [0.3, 0.4) is 0 Å². The summed E-state index contributed by atoms with van der Waals surface area (Å²) < 4.78 is 30.5. The van der Waals surface area contributed by atoms with Crippen molar-refractivity contribution in [2.45, 2.75) is 173 Å². The summed E-state index contributed by atoms with van der Waals surface area (Å²) in [6.45, 7) is 14.8. The molecule has 15 heteroatoms. The van der Waals surface area contributed by atoms with Gasteiger partial charge in [-0.3, -0.25) is 14.4 Å². The Morgan fingerprint density at radius 2 is 1.37 bits per heavy atom. The van der Waals surface area contributed by atoms with Crippen LogP contribution in [0.15, 0.2) is 133 Å². The number of alkyl carbamates (subject to hydrolysis) is 1. The van der Waals surface area contributed by atoms with E-state index in [2.05, 4.69) is 54.8 Å². The van der Waals surface area contributed by atoms with Crippen LogP contribution in [-0.4, -0.2) is 99.0 Å². The minimum atomic E-state index is -2.30. The average Bonchev–Trinajstić information content (AvgIpc) is 3.36. The number of carbonyl (C=O) groups is 5. The van der Waals surface area contributed by atoms with E-state index in [9.17, 15) is 34.5 Å². The molecule has 0 aromatic heterocycles. The van der Waals surface area contributed by atoms with Crippen molar-refractivity contribution in [2.24, 2.45) is 22.7 Å². The van der Waals surface area contributed by atoms with Gasteiger partial charge in [-0.1, -0.05) is 130 Å². The van der Waals surface area contributed by atoms with Gasteiger partial charge in [-0.25, -0.2) is 9.59 Å². The molecule has 409 valence electrons. The van der Waals surface area contributed by atoms with Crippen molar-refractivity contribution in [3.05, 3.63) is 144 Å². The number of hydrogen-bond acceptors (Lipinski definition) is 13. The van der Waals surface area contributed by atoms with E-state index in [4.69, 9.17) is 23.7 Å². The van der Waals surface area contributed by atoms with Gasteiger partial charge in [0.1, 0.15) is 41.2 Å². The van der Waals surface area contributed by atoms with E-state index in [-0.39, 0.29) is 80.2 Å². The Morgan fingerprint density at radius 3 is 1.91 bits per heavy atom. The molecule has 11 unspecified atom stereocenters. The SMILES string of the molecule is CC/C=C\C/C=C\C/C=C\C/C=C\C/C=C\CCC(=O)OC1CC2OCC2(O)C2C(OC(=O)c3ccccc3)C3(O)CC(OC(=O)C(C)C(NC(=O)OC(C)(C)C)c4ccccc4)C(C)=C(C(O)C(=O)C12C)C3(C)C.[Ac]. The number of esters is 3. The van der Waals surface area contributed by atoms with Gasteiger partial charge in [0.25, 0.3) is 0 Å². The molecule has 11 atom stereocenters. The van der Waals surface area contributed by atoms with Gasteiger partial charge < -0.3 is 44.3 Å². The van der Waals surface area contributed by atoms with Gasteiger partial charge in [-0.15, -0.1) is 0 Å². The van der Waals surface area contributed by atoms with E-state index in [0.29, 0.717) is 18.4 Å². The smallest absolute Gasteiger partial charge is 0.408 e.